The first kappa shape index (κ1) is 18.2. The van der Waals surface area contributed by atoms with E-state index in [2.05, 4.69) is 4.72 Å². The minimum atomic E-state index is -4.01. The zero-order valence-corrected chi connectivity index (χ0v) is 14.7. The second kappa shape index (κ2) is 7.14. The molecule has 2 rings (SSSR count). The molecule has 24 heavy (non-hydrogen) atoms. The fourth-order valence-corrected chi connectivity index (χ4v) is 3.26. The summed E-state index contributed by atoms with van der Waals surface area (Å²) in [6, 6.07) is 6.02. The van der Waals surface area contributed by atoms with Crippen molar-refractivity contribution in [3.05, 3.63) is 41.2 Å². The summed E-state index contributed by atoms with van der Waals surface area (Å²) in [5.74, 6) is -0.369. The molecule has 0 bridgehead atoms. The van der Waals surface area contributed by atoms with Crippen molar-refractivity contribution in [2.24, 2.45) is 0 Å². The molecule has 0 radical (unpaired) electrons. The summed E-state index contributed by atoms with van der Waals surface area (Å²) in [5.41, 5.74) is 0.127. The molecule has 6 nitrogen and oxygen atoms in total. The van der Waals surface area contributed by atoms with Gasteiger partial charge in [-0.05, 0) is 12.1 Å². The van der Waals surface area contributed by atoms with Gasteiger partial charge in [-0.15, -0.1) is 0 Å². The summed E-state index contributed by atoms with van der Waals surface area (Å²) in [4.78, 5) is -0.170. The topological polar surface area (TPSA) is 73.9 Å². The molecule has 2 aromatic rings. The molecule has 0 spiro atoms. The molecule has 0 atom stereocenters. The average Bonchev–Trinajstić information content (AvgIpc) is 2.56. The maximum absolute atomic E-state index is 13.5. The first-order chi connectivity index (χ1) is 11.3. The highest BCUT2D eigenvalue weighted by Crippen LogP contribution is 2.37. The van der Waals surface area contributed by atoms with Crippen molar-refractivity contribution >= 4 is 27.3 Å². The quantitative estimate of drug-likeness (QED) is 0.838. The zero-order valence-electron chi connectivity index (χ0n) is 13.1. The Morgan fingerprint density at radius 3 is 2.17 bits per heavy atom. The van der Waals surface area contributed by atoms with Crippen LogP contribution in [0.4, 0.5) is 10.1 Å². The molecule has 0 aliphatic rings. The molecule has 0 amide bonds. The van der Waals surface area contributed by atoms with Gasteiger partial charge in [-0.25, -0.2) is 12.8 Å². The number of halogens is 2. The molecule has 9 heteroatoms. The summed E-state index contributed by atoms with van der Waals surface area (Å²) >= 11 is 5.99. The van der Waals surface area contributed by atoms with Gasteiger partial charge in [0.05, 0.1) is 36.9 Å². The normalized spacial score (nSPS) is 11.0. The van der Waals surface area contributed by atoms with Crippen molar-refractivity contribution < 1.29 is 27.0 Å². The molecule has 0 saturated carbocycles. The van der Waals surface area contributed by atoms with E-state index < -0.39 is 15.8 Å². The number of sulfonamides is 1. The number of anilines is 1. The van der Waals surface area contributed by atoms with Gasteiger partial charge in [0.25, 0.3) is 10.0 Å². The number of ether oxygens (including phenoxy) is 3. The number of methoxy groups -OCH3 is 3. The highest BCUT2D eigenvalue weighted by Gasteiger charge is 2.20. The van der Waals surface area contributed by atoms with Crippen molar-refractivity contribution in [2.45, 2.75) is 4.90 Å². The molecular formula is C15H15ClFNO5S. The summed E-state index contributed by atoms with van der Waals surface area (Å²) in [6.07, 6.45) is 0. The third-order valence-electron chi connectivity index (χ3n) is 3.15. The number of benzene rings is 2. The Labute approximate surface area is 144 Å². The second-order valence-corrected chi connectivity index (χ2v) is 6.68. The number of rotatable bonds is 6. The van der Waals surface area contributed by atoms with Crippen molar-refractivity contribution in [1.82, 2.24) is 0 Å². The van der Waals surface area contributed by atoms with Gasteiger partial charge in [0, 0.05) is 18.2 Å². The van der Waals surface area contributed by atoms with Gasteiger partial charge in [0.2, 0.25) is 0 Å². The highest BCUT2D eigenvalue weighted by atomic mass is 35.5. The minimum Gasteiger partial charge on any atom is -0.495 e. The maximum atomic E-state index is 13.5. The predicted octanol–water partition coefficient (Wildman–Crippen LogP) is 3.31. The van der Waals surface area contributed by atoms with E-state index in [1.807, 2.05) is 0 Å². The van der Waals surface area contributed by atoms with Gasteiger partial charge in [0.1, 0.15) is 11.5 Å². The lowest BCUT2D eigenvalue weighted by molar-refractivity contribution is 0.385. The molecule has 0 unspecified atom stereocenters. The van der Waals surface area contributed by atoms with Gasteiger partial charge in [-0.1, -0.05) is 11.6 Å². The first-order valence-corrected chi connectivity index (χ1v) is 8.46. The molecule has 0 saturated heterocycles. The molecule has 1 N–H and O–H groups in total. The number of nitrogens with one attached hydrogen (secondary N) is 1. The van der Waals surface area contributed by atoms with E-state index in [0.717, 1.165) is 18.2 Å². The molecule has 0 aliphatic carbocycles. The second-order valence-electron chi connectivity index (χ2n) is 4.59. The van der Waals surface area contributed by atoms with E-state index in [-0.39, 0.29) is 32.9 Å². The van der Waals surface area contributed by atoms with Gasteiger partial charge in [0.15, 0.2) is 11.6 Å². The Hall–Kier alpha value is -2.19. The first-order valence-electron chi connectivity index (χ1n) is 6.60. The Morgan fingerprint density at radius 1 is 0.958 bits per heavy atom. The van der Waals surface area contributed by atoms with Crippen LogP contribution < -0.4 is 18.9 Å². The van der Waals surface area contributed by atoms with E-state index in [9.17, 15) is 12.8 Å². The SMILES string of the molecule is COc1cc(S(=O)(=O)Nc2cc(OC)c(Cl)cc2OC)ccc1F. The third kappa shape index (κ3) is 3.65. The van der Waals surface area contributed by atoms with Crippen LogP contribution in [0.25, 0.3) is 0 Å². The van der Waals surface area contributed by atoms with Crippen LogP contribution in [0.5, 0.6) is 17.2 Å². The van der Waals surface area contributed by atoms with Crippen LogP contribution in [0.15, 0.2) is 35.2 Å². The fourth-order valence-electron chi connectivity index (χ4n) is 1.95. The van der Waals surface area contributed by atoms with Crippen molar-refractivity contribution in [2.75, 3.05) is 26.1 Å². The fraction of sp³-hybridized carbons (Fsp3) is 0.200. The standard InChI is InChI=1S/C15H15ClFNO5S/c1-21-13-8-12(15(23-3)7-10(13)16)18-24(19,20)9-4-5-11(17)14(6-9)22-2/h4-8,18H,1-3H3. The van der Waals surface area contributed by atoms with Gasteiger partial charge in [-0.2, -0.15) is 0 Å². The van der Waals surface area contributed by atoms with E-state index in [4.69, 9.17) is 25.8 Å². The van der Waals surface area contributed by atoms with Gasteiger partial charge < -0.3 is 14.2 Å². The Balaban J connectivity index is 2.46. The van der Waals surface area contributed by atoms with Crippen LogP contribution in [-0.2, 0) is 10.0 Å². The molecule has 2 aromatic carbocycles. The number of hydrogen-bond donors (Lipinski definition) is 1. The third-order valence-corrected chi connectivity index (χ3v) is 4.81. The Kier molecular flexibility index (Phi) is 5.40. The largest absolute Gasteiger partial charge is 0.495 e. The van der Waals surface area contributed by atoms with Crippen LogP contribution in [0.3, 0.4) is 0 Å². The molecule has 0 heterocycles. The molecule has 0 aromatic heterocycles. The van der Waals surface area contributed by atoms with E-state index in [0.29, 0.717) is 0 Å². The smallest absolute Gasteiger partial charge is 0.262 e. The molecule has 0 fully saturated rings. The van der Waals surface area contributed by atoms with E-state index >= 15 is 0 Å². The molecular weight excluding hydrogens is 361 g/mol. The lowest BCUT2D eigenvalue weighted by atomic mass is 10.3. The summed E-state index contributed by atoms with van der Waals surface area (Å²) in [5, 5.41) is 0.265. The van der Waals surface area contributed by atoms with Gasteiger partial charge in [-0.3, -0.25) is 4.72 Å². The van der Waals surface area contributed by atoms with Gasteiger partial charge >= 0.3 is 0 Å². The lowest BCUT2D eigenvalue weighted by Gasteiger charge is -2.14. The number of hydrogen-bond acceptors (Lipinski definition) is 5. The molecule has 0 aliphatic heterocycles. The lowest BCUT2D eigenvalue weighted by Crippen LogP contribution is -2.14. The van der Waals surface area contributed by atoms with E-state index in [1.165, 1.54) is 33.5 Å². The summed E-state index contributed by atoms with van der Waals surface area (Å²) in [6.45, 7) is 0. The van der Waals surface area contributed by atoms with Crippen molar-refractivity contribution in [1.29, 1.82) is 0 Å². The van der Waals surface area contributed by atoms with Crippen LogP contribution in [0.2, 0.25) is 5.02 Å². The zero-order chi connectivity index (χ0) is 17.9. The average molecular weight is 376 g/mol. The van der Waals surface area contributed by atoms with Crippen LogP contribution in [0, 0.1) is 5.82 Å². The minimum absolute atomic E-state index is 0.127. The monoisotopic (exact) mass is 375 g/mol. The van der Waals surface area contributed by atoms with Crippen LogP contribution in [-0.4, -0.2) is 29.7 Å². The van der Waals surface area contributed by atoms with Crippen LogP contribution in [0.1, 0.15) is 0 Å². The highest BCUT2D eigenvalue weighted by molar-refractivity contribution is 7.92. The van der Waals surface area contributed by atoms with Crippen molar-refractivity contribution in [3.63, 3.8) is 0 Å². The predicted molar refractivity (Wildman–Crippen MR) is 88.3 cm³/mol. The Bertz CT molecular complexity index is 857. The summed E-state index contributed by atoms with van der Waals surface area (Å²) < 4.78 is 55.8. The Morgan fingerprint density at radius 2 is 1.58 bits per heavy atom. The maximum Gasteiger partial charge on any atom is 0.262 e. The van der Waals surface area contributed by atoms with Crippen molar-refractivity contribution in [3.8, 4) is 17.2 Å². The summed E-state index contributed by atoms with van der Waals surface area (Å²) in [7, 11) is 0.00845. The van der Waals surface area contributed by atoms with E-state index in [1.54, 1.807) is 0 Å². The molecule has 130 valence electrons. The van der Waals surface area contributed by atoms with Crippen LogP contribution >= 0.6 is 11.6 Å².